The molecule has 0 spiro atoms. The van der Waals surface area contributed by atoms with Gasteiger partial charge >= 0.3 is 0 Å². The van der Waals surface area contributed by atoms with E-state index >= 15 is 0 Å². The van der Waals surface area contributed by atoms with E-state index in [4.69, 9.17) is 17.3 Å². The molecule has 2 nitrogen and oxygen atoms in total. The van der Waals surface area contributed by atoms with Crippen LogP contribution in [-0.4, -0.2) is 4.98 Å². The van der Waals surface area contributed by atoms with Crippen molar-refractivity contribution in [3.05, 3.63) is 49.3 Å². The van der Waals surface area contributed by atoms with Crippen LogP contribution in [0.1, 0.15) is 22.3 Å². The van der Waals surface area contributed by atoms with E-state index in [9.17, 15) is 0 Å². The summed E-state index contributed by atoms with van der Waals surface area (Å²) < 4.78 is 0.989. The maximum absolute atomic E-state index is 6.17. The minimum atomic E-state index is -0.120. The molecule has 0 aliphatic rings. The van der Waals surface area contributed by atoms with Crippen molar-refractivity contribution >= 4 is 38.9 Å². The number of nitrogens with two attached hydrogens (primary N) is 1. The second kappa shape index (κ2) is 5.48. The van der Waals surface area contributed by atoms with Crippen LogP contribution in [0.4, 0.5) is 0 Å². The molecule has 2 N–H and O–H groups in total. The lowest BCUT2D eigenvalue weighted by Gasteiger charge is -2.12. The van der Waals surface area contributed by atoms with Gasteiger partial charge in [-0.3, -0.25) is 0 Å². The lowest BCUT2D eigenvalue weighted by Crippen LogP contribution is -2.13. The number of hydrogen-bond acceptors (Lipinski definition) is 3. The Balaban J connectivity index is 2.19. The Morgan fingerprint density at radius 1 is 1.53 bits per heavy atom. The van der Waals surface area contributed by atoms with Gasteiger partial charge in [-0.2, -0.15) is 0 Å². The van der Waals surface area contributed by atoms with Gasteiger partial charge in [0.1, 0.15) is 0 Å². The molecule has 0 radical (unpaired) electrons. The maximum atomic E-state index is 6.17. The van der Waals surface area contributed by atoms with E-state index < -0.39 is 0 Å². The molecule has 1 unspecified atom stereocenters. The molecule has 90 valence electrons. The molecule has 0 fully saturated rings. The highest BCUT2D eigenvalue weighted by molar-refractivity contribution is 9.10. The maximum Gasteiger partial charge on any atom is 0.0947 e. The molecule has 0 amide bonds. The third-order valence-corrected chi connectivity index (χ3v) is 4.25. The van der Waals surface area contributed by atoms with E-state index in [1.165, 1.54) is 0 Å². The summed E-state index contributed by atoms with van der Waals surface area (Å²) in [6, 6.07) is 5.61. The standard InChI is InChI=1S/C12H12BrClN2S/c1-7-6-17-12(16-7)5-11(15)9-4-8(13)2-3-10(9)14/h2-4,6,11H,5,15H2,1H3. The number of aromatic nitrogens is 1. The van der Waals surface area contributed by atoms with E-state index in [0.29, 0.717) is 11.4 Å². The van der Waals surface area contributed by atoms with E-state index in [1.54, 1.807) is 11.3 Å². The number of aryl methyl sites for hydroxylation is 1. The van der Waals surface area contributed by atoms with Gasteiger partial charge in [-0.15, -0.1) is 11.3 Å². The van der Waals surface area contributed by atoms with Gasteiger partial charge in [0.25, 0.3) is 0 Å². The van der Waals surface area contributed by atoms with Gasteiger partial charge in [0, 0.05) is 33.0 Å². The molecule has 2 aromatic rings. The second-order valence-corrected chi connectivity index (χ2v) is 6.12. The van der Waals surface area contributed by atoms with Crippen LogP contribution in [0.25, 0.3) is 0 Å². The average Bonchev–Trinajstić information content (AvgIpc) is 2.67. The fourth-order valence-corrected chi connectivity index (χ4v) is 3.06. The fourth-order valence-electron chi connectivity index (χ4n) is 1.59. The first-order valence-electron chi connectivity index (χ1n) is 5.18. The first kappa shape index (κ1) is 13.0. The Labute approximate surface area is 118 Å². The van der Waals surface area contributed by atoms with Crippen LogP contribution in [0.2, 0.25) is 5.02 Å². The van der Waals surface area contributed by atoms with E-state index in [-0.39, 0.29) is 6.04 Å². The highest BCUT2D eigenvalue weighted by Crippen LogP contribution is 2.27. The lowest BCUT2D eigenvalue weighted by molar-refractivity contribution is 0.716. The van der Waals surface area contributed by atoms with Crippen molar-refractivity contribution in [2.24, 2.45) is 5.73 Å². The summed E-state index contributed by atoms with van der Waals surface area (Å²) in [5.74, 6) is 0. The zero-order valence-electron chi connectivity index (χ0n) is 9.28. The second-order valence-electron chi connectivity index (χ2n) is 3.86. The van der Waals surface area contributed by atoms with Crippen LogP contribution in [0.3, 0.4) is 0 Å². The molecule has 1 heterocycles. The SMILES string of the molecule is Cc1csc(CC(N)c2cc(Br)ccc2Cl)n1. The van der Waals surface area contributed by atoms with Crippen LogP contribution in [0.5, 0.6) is 0 Å². The van der Waals surface area contributed by atoms with Crippen molar-refractivity contribution in [1.82, 2.24) is 4.98 Å². The molecule has 0 bridgehead atoms. The Morgan fingerprint density at radius 3 is 2.94 bits per heavy atom. The summed E-state index contributed by atoms with van der Waals surface area (Å²) in [5, 5.41) is 3.78. The first-order valence-corrected chi connectivity index (χ1v) is 7.23. The van der Waals surface area contributed by atoms with Crippen molar-refractivity contribution in [1.29, 1.82) is 0 Å². The van der Waals surface area contributed by atoms with Crippen LogP contribution in [0.15, 0.2) is 28.1 Å². The highest BCUT2D eigenvalue weighted by atomic mass is 79.9. The summed E-state index contributed by atoms with van der Waals surface area (Å²) in [6.07, 6.45) is 0.717. The molecule has 0 aliphatic carbocycles. The Bertz CT molecular complexity index is 527. The number of hydrogen-bond donors (Lipinski definition) is 1. The highest BCUT2D eigenvalue weighted by Gasteiger charge is 2.13. The predicted molar refractivity (Wildman–Crippen MR) is 76.6 cm³/mol. The third kappa shape index (κ3) is 3.28. The summed E-state index contributed by atoms with van der Waals surface area (Å²) in [5.41, 5.74) is 8.16. The fraction of sp³-hybridized carbons (Fsp3) is 0.250. The van der Waals surface area contributed by atoms with Crippen LogP contribution in [-0.2, 0) is 6.42 Å². The first-order chi connectivity index (χ1) is 8.06. The van der Waals surface area contributed by atoms with Crippen molar-refractivity contribution in [3.8, 4) is 0 Å². The number of rotatable bonds is 3. The molecule has 1 aromatic carbocycles. The Kier molecular flexibility index (Phi) is 4.20. The number of thiazole rings is 1. The molecule has 5 heteroatoms. The van der Waals surface area contributed by atoms with Crippen LogP contribution in [0, 0.1) is 6.92 Å². The van der Waals surface area contributed by atoms with E-state index in [2.05, 4.69) is 20.9 Å². The molecule has 0 saturated heterocycles. The van der Waals surface area contributed by atoms with Gasteiger partial charge in [0.15, 0.2) is 0 Å². The van der Waals surface area contributed by atoms with Crippen LogP contribution < -0.4 is 5.73 Å². The molecule has 1 atom stereocenters. The monoisotopic (exact) mass is 330 g/mol. The molecule has 0 aliphatic heterocycles. The number of benzene rings is 1. The van der Waals surface area contributed by atoms with Gasteiger partial charge in [-0.05, 0) is 30.7 Å². The zero-order valence-corrected chi connectivity index (χ0v) is 12.4. The smallest absolute Gasteiger partial charge is 0.0947 e. The quantitative estimate of drug-likeness (QED) is 0.919. The number of nitrogens with zero attached hydrogens (tertiary/aromatic N) is 1. The van der Waals surface area contributed by atoms with Gasteiger partial charge in [0.2, 0.25) is 0 Å². The molecule has 17 heavy (non-hydrogen) atoms. The van der Waals surface area contributed by atoms with Crippen molar-refractivity contribution in [2.75, 3.05) is 0 Å². The van der Waals surface area contributed by atoms with Gasteiger partial charge < -0.3 is 5.73 Å². The molecular formula is C12H12BrClN2S. The minimum Gasteiger partial charge on any atom is -0.324 e. The largest absolute Gasteiger partial charge is 0.324 e. The van der Waals surface area contributed by atoms with Gasteiger partial charge in [0.05, 0.1) is 5.01 Å². The molecule has 1 aromatic heterocycles. The van der Waals surface area contributed by atoms with Crippen LogP contribution >= 0.6 is 38.9 Å². The Morgan fingerprint density at radius 2 is 2.29 bits per heavy atom. The van der Waals surface area contributed by atoms with E-state index in [1.807, 2.05) is 30.5 Å². The van der Waals surface area contributed by atoms with Gasteiger partial charge in [-0.1, -0.05) is 27.5 Å². The van der Waals surface area contributed by atoms with Crippen molar-refractivity contribution in [3.63, 3.8) is 0 Å². The summed E-state index contributed by atoms with van der Waals surface area (Å²) in [6.45, 7) is 1.98. The third-order valence-electron chi connectivity index (χ3n) is 2.42. The topological polar surface area (TPSA) is 38.9 Å². The minimum absolute atomic E-state index is 0.120. The normalized spacial score (nSPS) is 12.7. The van der Waals surface area contributed by atoms with Crippen molar-refractivity contribution < 1.29 is 0 Å². The lowest BCUT2D eigenvalue weighted by atomic mass is 10.1. The number of halogens is 2. The summed E-state index contributed by atoms with van der Waals surface area (Å²) in [4.78, 5) is 4.41. The average molecular weight is 332 g/mol. The predicted octanol–water partition coefficient (Wildman–Crippen LogP) is 4.11. The summed E-state index contributed by atoms with van der Waals surface area (Å²) in [7, 11) is 0. The summed E-state index contributed by atoms with van der Waals surface area (Å²) >= 11 is 11.2. The molecule has 0 saturated carbocycles. The van der Waals surface area contributed by atoms with Crippen molar-refractivity contribution in [2.45, 2.75) is 19.4 Å². The molecular weight excluding hydrogens is 320 g/mol. The van der Waals surface area contributed by atoms with E-state index in [0.717, 1.165) is 20.7 Å². The van der Waals surface area contributed by atoms with Gasteiger partial charge in [-0.25, -0.2) is 4.98 Å². The Hall–Kier alpha value is -0.420. The zero-order chi connectivity index (χ0) is 12.4. The molecule has 2 rings (SSSR count).